The van der Waals surface area contributed by atoms with Crippen molar-refractivity contribution in [2.75, 3.05) is 0 Å². The molecule has 224 valence electrons. The number of benzene rings is 7. The number of fused-ring (bicyclic) bond motifs is 8. The molecule has 48 heavy (non-hydrogen) atoms. The van der Waals surface area contributed by atoms with Gasteiger partial charge in [0.25, 0.3) is 0 Å². The van der Waals surface area contributed by atoms with Gasteiger partial charge in [-0.1, -0.05) is 121 Å². The number of para-hydroxylation sites is 3. The van der Waals surface area contributed by atoms with Crippen molar-refractivity contribution in [1.29, 1.82) is 0 Å². The van der Waals surface area contributed by atoms with Crippen LogP contribution in [0.15, 0.2) is 162 Å². The van der Waals surface area contributed by atoms with Crippen LogP contribution in [0.4, 0.5) is 0 Å². The van der Waals surface area contributed by atoms with E-state index in [1.54, 1.807) is 0 Å². The highest BCUT2D eigenvalue weighted by molar-refractivity contribution is 6.15. The molecule has 0 aliphatic carbocycles. The Bertz CT molecular complexity index is 2780. The van der Waals surface area contributed by atoms with Gasteiger partial charge in [-0.25, -0.2) is 4.98 Å². The van der Waals surface area contributed by atoms with E-state index in [9.17, 15) is 0 Å². The van der Waals surface area contributed by atoms with Crippen LogP contribution in [0.25, 0.3) is 94.4 Å². The highest BCUT2D eigenvalue weighted by Gasteiger charge is 2.18. The molecule has 0 amide bonds. The topological polar surface area (TPSA) is 56.7 Å². The molecule has 0 spiro atoms. The van der Waals surface area contributed by atoms with Gasteiger partial charge in [0.05, 0.1) is 11.0 Å². The van der Waals surface area contributed by atoms with Crippen molar-refractivity contribution >= 4 is 54.5 Å². The van der Waals surface area contributed by atoms with Gasteiger partial charge in [-0.2, -0.15) is 9.97 Å². The molecular formula is C43H26N4O. The fraction of sp³-hybridized carbons (Fsp3) is 0. The number of nitrogens with zero attached hydrogens (tertiary/aromatic N) is 4. The van der Waals surface area contributed by atoms with E-state index in [0.29, 0.717) is 17.6 Å². The first-order valence-electron chi connectivity index (χ1n) is 16.0. The summed E-state index contributed by atoms with van der Waals surface area (Å²) in [6.45, 7) is 0. The molecule has 0 saturated carbocycles. The van der Waals surface area contributed by atoms with Crippen LogP contribution in [0.3, 0.4) is 0 Å². The summed E-state index contributed by atoms with van der Waals surface area (Å²) in [6, 6.07) is 54.5. The van der Waals surface area contributed by atoms with E-state index in [4.69, 9.17) is 19.4 Å². The predicted octanol–water partition coefficient (Wildman–Crippen LogP) is 11.0. The molecular weight excluding hydrogens is 589 g/mol. The molecule has 0 atom stereocenters. The molecule has 0 bridgehead atoms. The average Bonchev–Trinajstić information content (AvgIpc) is 3.71. The molecule has 0 saturated heterocycles. The van der Waals surface area contributed by atoms with Gasteiger partial charge in [0.1, 0.15) is 11.2 Å². The number of aromatic nitrogens is 4. The van der Waals surface area contributed by atoms with E-state index >= 15 is 0 Å². The Morgan fingerprint density at radius 3 is 1.71 bits per heavy atom. The second-order valence-electron chi connectivity index (χ2n) is 12.1. The summed E-state index contributed by atoms with van der Waals surface area (Å²) in [5.41, 5.74) is 8.01. The van der Waals surface area contributed by atoms with E-state index in [-0.39, 0.29) is 0 Å². The smallest absolute Gasteiger partial charge is 0.238 e. The predicted molar refractivity (Wildman–Crippen MR) is 195 cm³/mol. The summed E-state index contributed by atoms with van der Waals surface area (Å²) in [5.74, 6) is 1.80. The molecule has 0 aliphatic rings. The van der Waals surface area contributed by atoms with Crippen LogP contribution in [0.1, 0.15) is 0 Å². The minimum atomic E-state index is 0.576. The zero-order valence-corrected chi connectivity index (χ0v) is 25.7. The van der Waals surface area contributed by atoms with E-state index < -0.39 is 0 Å². The molecule has 0 N–H and O–H groups in total. The quantitative estimate of drug-likeness (QED) is 0.198. The van der Waals surface area contributed by atoms with E-state index in [1.165, 1.54) is 5.56 Å². The Balaban J connectivity index is 1.19. The molecule has 3 aromatic heterocycles. The van der Waals surface area contributed by atoms with E-state index in [1.807, 2.05) is 24.3 Å². The number of hydrogen-bond donors (Lipinski definition) is 0. The lowest BCUT2D eigenvalue weighted by Crippen LogP contribution is -2.06. The van der Waals surface area contributed by atoms with Crippen molar-refractivity contribution in [2.45, 2.75) is 0 Å². The minimum absolute atomic E-state index is 0.576. The molecule has 10 rings (SSSR count). The summed E-state index contributed by atoms with van der Waals surface area (Å²) in [5, 5.41) is 6.66. The second kappa shape index (κ2) is 10.5. The molecule has 0 radical (unpaired) electrons. The van der Waals surface area contributed by atoms with E-state index in [0.717, 1.165) is 71.2 Å². The summed E-state index contributed by atoms with van der Waals surface area (Å²) >= 11 is 0. The van der Waals surface area contributed by atoms with Crippen molar-refractivity contribution in [3.8, 4) is 39.9 Å². The first kappa shape index (κ1) is 26.6. The highest BCUT2D eigenvalue weighted by atomic mass is 16.3. The molecule has 5 nitrogen and oxygen atoms in total. The lowest BCUT2D eigenvalue weighted by atomic mass is 10.0. The van der Waals surface area contributed by atoms with Crippen LogP contribution in [0.5, 0.6) is 0 Å². The molecule has 0 fully saturated rings. The fourth-order valence-electron chi connectivity index (χ4n) is 6.95. The molecule has 3 heterocycles. The van der Waals surface area contributed by atoms with Gasteiger partial charge in [0, 0.05) is 38.1 Å². The van der Waals surface area contributed by atoms with Gasteiger partial charge in [0.15, 0.2) is 11.6 Å². The third-order valence-electron chi connectivity index (χ3n) is 9.27. The van der Waals surface area contributed by atoms with Gasteiger partial charge < -0.3 is 4.42 Å². The van der Waals surface area contributed by atoms with Gasteiger partial charge >= 0.3 is 0 Å². The normalized spacial score (nSPS) is 11.8. The van der Waals surface area contributed by atoms with Gasteiger partial charge in [-0.3, -0.25) is 4.57 Å². The van der Waals surface area contributed by atoms with Crippen molar-refractivity contribution in [2.24, 2.45) is 0 Å². The maximum absolute atomic E-state index is 6.34. The van der Waals surface area contributed by atoms with Crippen molar-refractivity contribution < 1.29 is 4.42 Å². The Morgan fingerprint density at radius 1 is 0.396 bits per heavy atom. The maximum atomic E-state index is 6.34. The molecule has 0 unspecified atom stereocenters. The summed E-state index contributed by atoms with van der Waals surface area (Å²) in [4.78, 5) is 15.4. The summed E-state index contributed by atoms with van der Waals surface area (Å²) < 4.78 is 8.48. The first-order chi connectivity index (χ1) is 23.8. The van der Waals surface area contributed by atoms with Crippen LogP contribution in [0, 0.1) is 0 Å². The van der Waals surface area contributed by atoms with Crippen LogP contribution in [-0.4, -0.2) is 19.5 Å². The van der Waals surface area contributed by atoms with Gasteiger partial charge in [-0.05, 0) is 52.9 Å². The van der Waals surface area contributed by atoms with Crippen molar-refractivity contribution in [3.05, 3.63) is 158 Å². The Labute approximate surface area is 275 Å². The third kappa shape index (κ3) is 4.15. The summed E-state index contributed by atoms with van der Waals surface area (Å²) in [7, 11) is 0. The molecule has 5 heteroatoms. The molecule has 10 aromatic rings. The maximum Gasteiger partial charge on any atom is 0.238 e. The molecule has 0 aliphatic heterocycles. The Morgan fingerprint density at radius 2 is 0.958 bits per heavy atom. The number of rotatable bonds is 4. The van der Waals surface area contributed by atoms with E-state index in [2.05, 4.69) is 138 Å². The first-order valence-corrected chi connectivity index (χ1v) is 16.0. The zero-order chi connectivity index (χ0) is 31.6. The lowest BCUT2D eigenvalue weighted by Gasteiger charge is -2.12. The Kier molecular flexibility index (Phi) is 5.81. The van der Waals surface area contributed by atoms with Gasteiger partial charge in [-0.15, -0.1) is 0 Å². The SMILES string of the molecule is c1ccc(-c2ccc(-c3nc(-c4ccc5c(ccc6c7ccccc7oc56)c4)nc(-n4c5ccccc5c5ccccc54)n3)cc2)cc1. The lowest BCUT2D eigenvalue weighted by molar-refractivity contribution is 0.672. The monoisotopic (exact) mass is 614 g/mol. The van der Waals surface area contributed by atoms with Crippen LogP contribution in [-0.2, 0) is 0 Å². The Hall–Kier alpha value is -6.59. The number of hydrogen-bond acceptors (Lipinski definition) is 4. The van der Waals surface area contributed by atoms with Crippen LogP contribution in [0.2, 0.25) is 0 Å². The zero-order valence-electron chi connectivity index (χ0n) is 25.7. The average molecular weight is 615 g/mol. The largest absolute Gasteiger partial charge is 0.455 e. The molecule has 7 aromatic carbocycles. The number of furan rings is 1. The minimum Gasteiger partial charge on any atom is -0.455 e. The summed E-state index contributed by atoms with van der Waals surface area (Å²) in [6.07, 6.45) is 0. The van der Waals surface area contributed by atoms with Gasteiger partial charge in [0.2, 0.25) is 5.95 Å². The van der Waals surface area contributed by atoms with Crippen LogP contribution >= 0.6 is 0 Å². The standard InChI is InChI=1S/C43H26N4O/c1-2-10-27(11-3-1)28-18-20-29(21-19-28)41-44-42(46-43(45-41)47-37-15-7-4-12-33(37)34-13-5-8-16-38(34)47)31-23-24-32-30(26-31)22-25-36-35-14-6-9-17-39(35)48-40(32)36/h1-26H. The van der Waals surface area contributed by atoms with Crippen molar-refractivity contribution in [1.82, 2.24) is 19.5 Å². The van der Waals surface area contributed by atoms with Crippen LogP contribution < -0.4 is 0 Å². The third-order valence-corrected chi connectivity index (χ3v) is 9.27. The highest BCUT2D eigenvalue weighted by Crippen LogP contribution is 2.36. The second-order valence-corrected chi connectivity index (χ2v) is 12.1. The van der Waals surface area contributed by atoms with Crippen molar-refractivity contribution in [3.63, 3.8) is 0 Å². The fourth-order valence-corrected chi connectivity index (χ4v) is 6.95.